The molecule has 0 aromatic rings. The Hall–Kier alpha value is 0.190. The van der Waals surface area contributed by atoms with Crippen LogP contribution in [-0.2, 0) is 23.1 Å². The van der Waals surface area contributed by atoms with Gasteiger partial charge in [0.05, 0.1) is 55.5 Å². The third-order valence-corrected chi connectivity index (χ3v) is 3.39. The predicted molar refractivity (Wildman–Crippen MR) is 98.9 cm³/mol. The van der Waals surface area contributed by atoms with Gasteiger partial charge in [-0.1, -0.05) is 0 Å². The molecule has 0 saturated carbocycles. The molecule has 0 N–H and O–H groups in total. The van der Waals surface area contributed by atoms with Crippen molar-refractivity contribution in [3.63, 3.8) is 0 Å². The van der Waals surface area contributed by atoms with Crippen LogP contribution in [0.15, 0.2) is 0 Å². The summed E-state index contributed by atoms with van der Waals surface area (Å²) in [4.78, 5) is 13.2. The Morgan fingerprint density at radius 3 is 1.91 bits per heavy atom. The summed E-state index contributed by atoms with van der Waals surface area (Å²) in [5.74, 6) is 0. The van der Waals surface area contributed by atoms with E-state index in [0.29, 0.717) is 52.8 Å². The van der Waals surface area contributed by atoms with E-state index in [1.165, 1.54) is 14.1 Å². The van der Waals surface area contributed by atoms with Crippen molar-refractivity contribution >= 4 is 36.5 Å². The monoisotopic (exact) mass is 465 g/mol. The van der Waals surface area contributed by atoms with Crippen LogP contribution in [-0.4, -0.2) is 76.4 Å². The van der Waals surface area contributed by atoms with Gasteiger partial charge in [-0.3, -0.25) is 0 Å². The van der Waals surface area contributed by atoms with Gasteiger partial charge in [-0.25, -0.2) is 4.79 Å². The highest BCUT2D eigenvalue weighted by atomic mass is 127. The second kappa shape index (κ2) is 14.5. The topological polar surface area (TPSA) is 66.5 Å². The first kappa shape index (κ1) is 23.2. The third-order valence-electron chi connectivity index (χ3n) is 2.38. The van der Waals surface area contributed by atoms with E-state index in [2.05, 4.69) is 21.2 Å². The number of nitrogens with zero attached hydrogens (tertiary/aromatic N) is 1. The molecule has 0 heterocycles. The van der Waals surface area contributed by atoms with Crippen LogP contribution >= 0.6 is 30.4 Å². The summed E-state index contributed by atoms with van der Waals surface area (Å²) in [5, 5.41) is 0. The second-order valence-corrected chi connectivity index (χ2v) is 7.06. The molecule has 0 aromatic heterocycles. The Bertz CT molecular complexity index is 303. The van der Waals surface area contributed by atoms with Crippen molar-refractivity contribution < 1.29 is 27.9 Å². The quantitative estimate of drug-likeness (QED) is 0.236. The first-order valence-corrected chi connectivity index (χ1v) is 10.7. The Morgan fingerprint density at radius 2 is 1.43 bits per heavy atom. The smallest absolute Gasteiger partial charge is 0.410 e. The summed E-state index contributed by atoms with van der Waals surface area (Å²) in [7, 11) is 2.98. The lowest BCUT2D eigenvalue weighted by Crippen LogP contribution is -2.36. The Balaban J connectivity index is 3.34. The number of ether oxygens (including phenoxy) is 4. The van der Waals surface area contributed by atoms with Crippen LogP contribution in [0.5, 0.6) is 0 Å². The van der Waals surface area contributed by atoms with E-state index < -0.39 is 5.60 Å². The summed E-state index contributed by atoms with van der Waals surface area (Å²) in [6, 6.07) is 0. The molecular weight excluding hydrogens is 437 g/mol. The van der Waals surface area contributed by atoms with E-state index in [4.69, 9.17) is 23.1 Å². The van der Waals surface area contributed by atoms with Gasteiger partial charge >= 0.3 is 6.09 Å². The lowest BCUT2D eigenvalue weighted by Gasteiger charge is -2.24. The van der Waals surface area contributed by atoms with Crippen molar-refractivity contribution in [2.45, 2.75) is 26.4 Å². The predicted octanol–water partition coefficient (Wildman–Crippen LogP) is 2.92. The first-order chi connectivity index (χ1) is 10.9. The summed E-state index contributed by atoms with van der Waals surface area (Å²) in [6.07, 6.45) is -0.348. The van der Waals surface area contributed by atoms with Crippen molar-refractivity contribution in [1.29, 1.82) is 0 Å². The first-order valence-electron chi connectivity index (χ1n) is 7.44. The van der Waals surface area contributed by atoms with Gasteiger partial charge in [-0.2, -0.15) is 0 Å². The van der Waals surface area contributed by atoms with E-state index in [9.17, 15) is 4.79 Å². The lowest BCUT2D eigenvalue weighted by atomic mass is 10.2. The number of carbonyl (C=O) groups is 1. The zero-order valence-corrected chi connectivity index (χ0v) is 17.3. The minimum absolute atomic E-state index is 0.348. The van der Waals surface area contributed by atoms with Crippen LogP contribution in [0.25, 0.3) is 0 Å². The number of amides is 1. The van der Waals surface area contributed by atoms with Gasteiger partial charge in [-0.05, 0) is 20.8 Å². The van der Waals surface area contributed by atoms with E-state index in [1.807, 2.05) is 20.8 Å². The Labute approximate surface area is 155 Å². The van der Waals surface area contributed by atoms with Gasteiger partial charge in [0.25, 0.3) is 0 Å². The maximum atomic E-state index is 11.7. The molecule has 0 unspecified atom stereocenters. The number of hydrogen-bond donors (Lipinski definition) is 0. The fraction of sp³-hybridized carbons (Fsp3) is 0.929. The molecule has 0 saturated heterocycles. The highest BCUT2D eigenvalue weighted by molar-refractivity contribution is 14.2. The third kappa shape index (κ3) is 16.8. The average molecular weight is 465 g/mol. The molecule has 7 nitrogen and oxygen atoms in total. The normalized spacial score (nSPS) is 11.5. The highest BCUT2D eigenvalue weighted by Crippen LogP contribution is 2.11. The molecule has 0 atom stereocenters. The van der Waals surface area contributed by atoms with Crippen molar-refractivity contribution in [2.24, 2.45) is 0 Å². The largest absolute Gasteiger partial charge is 0.444 e. The molecule has 9 heteroatoms. The number of rotatable bonds is 13. The van der Waals surface area contributed by atoms with Crippen molar-refractivity contribution in [3.8, 4) is 0 Å². The Morgan fingerprint density at radius 1 is 0.957 bits per heavy atom. The van der Waals surface area contributed by atoms with Crippen LogP contribution in [0.3, 0.4) is 0 Å². The van der Waals surface area contributed by atoms with Crippen molar-refractivity contribution in [3.05, 3.63) is 0 Å². The molecule has 0 aliphatic carbocycles. The molecule has 23 heavy (non-hydrogen) atoms. The fourth-order valence-electron chi connectivity index (χ4n) is 1.30. The van der Waals surface area contributed by atoms with Crippen LogP contribution in [0.1, 0.15) is 20.8 Å². The molecule has 0 aromatic carbocycles. The maximum Gasteiger partial charge on any atom is 0.410 e. The number of halogens is 1. The molecule has 0 rings (SSSR count). The van der Waals surface area contributed by atoms with Gasteiger partial charge in [0, 0.05) is 34.8 Å². The van der Waals surface area contributed by atoms with Crippen LogP contribution in [0.4, 0.5) is 4.79 Å². The van der Waals surface area contributed by atoms with Gasteiger partial charge in [0.1, 0.15) is 5.60 Å². The maximum absolute atomic E-state index is 11.7. The lowest BCUT2D eigenvalue weighted by molar-refractivity contribution is 0.00255. The summed E-state index contributed by atoms with van der Waals surface area (Å²) in [6.45, 7) is 9.62. The summed E-state index contributed by atoms with van der Waals surface area (Å²) < 4.78 is 26.3. The minimum atomic E-state index is -0.483. The van der Waals surface area contributed by atoms with Crippen LogP contribution < -0.4 is 0 Å². The molecule has 0 aliphatic rings. The van der Waals surface area contributed by atoms with Crippen molar-refractivity contribution in [2.75, 3.05) is 59.8 Å². The van der Waals surface area contributed by atoms with E-state index in [-0.39, 0.29) is 6.09 Å². The van der Waals surface area contributed by atoms with Gasteiger partial charge < -0.3 is 28.0 Å². The SMILES string of the molecule is CN(CCOCCOCCOCCOSI)C(=O)OC(C)(C)C. The van der Waals surface area contributed by atoms with Gasteiger partial charge in [-0.15, -0.1) is 0 Å². The number of likely N-dealkylation sites (N-methyl/N-ethyl adjacent to an activating group) is 1. The molecule has 0 fully saturated rings. The average Bonchev–Trinajstić information content (AvgIpc) is 2.46. The van der Waals surface area contributed by atoms with Crippen LogP contribution in [0, 0.1) is 0 Å². The Kier molecular flexibility index (Phi) is 14.6. The highest BCUT2D eigenvalue weighted by Gasteiger charge is 2.19. The molecule has 0 spiro atoms. The van der Waals surface area contributed by atoms with Crippen molar-refractivity contribution in [1.82, 2.24) is 4.90 Å². The molecule has 138 valence electrons. The van der Waals surface area contributed by atoms with E-state index >= 15 is 0 Å². The number of carbonyl (C=O) groups excluding carboxylic acids is 1. The zero-order valence-electron chi connectivity index (χ0n) is 14.3. The number of hydrogen-bond acceptors (Lipinski definition) is 7. The van der Waals surface area contributed by atoms with Gasteiger partial charge in [0.2, 0.25) is 0 Å². The van der Waals surface area contributed by atoms with Crippen LogP contribution in [0.2, 0.25) is 0 Å². The minimum Gasteiger partial charge on any atom is -0.444 e. The molecule has 0 radical (unpaired) electrons. The van der Waals surface area contributed by atoms with E-state index in [0.717, 1.165) is 0 Å². The van der Waals surface area contributed by atoms with E-state index in [1.54, 1.807) is 7.05 Å². The molecule has 0 aliphatic heterocycles. The zero-order chi connectivity index (χ0) is 17.6. The summed E-state index contributed by atoms with van der Waals surface area (Å²) >= 11 is 2.06. The molecular formula is C14H28INO6S. The fourth-order valence-corrected chi connectivity index (χ4v) is 1.97. The molecule has 1 amide bonds. The molecule has 0 bridgehead atoms. The standard InChI is InChI=1S/C14H28INO6S/c1-14(2,3)22-13(17)16(4)5-6-18-7-8-19-9-10-20-11-12-21-23-15/h5-12H2,1-4H3. The van der Waals surface area contributed by atoms with Gasteiger partial charge in [0.15, 0.2) is 0 Å². The summed E-state index contributed by atoms with van der Waals surface area (Å²) in [5.41, 5.74) is -0.483. The second-order valence-electron chi connectivity index (χ2n) is 5.62.